The average Bonchev–Trinajstić information content (AvgIpc) is 2.93. The molecular weight excluding hydrogens is 458 g/mol. The van der Waals surface area contributed by atoms with E-state index in [1.807, 2.05) is 17.0 Å². The van der Waals surface area contributed by atoms with Crippen LogP contribution in [0, 0.1) is 16.7 Å². The summed E-state index contributed by atoms with van der Waals surface area (Å²) in [6.07, 6.45) is 4.68. The van der Waals surface area contributed by atoms with Crippen LogP contribution < -0.4 is 0 Å². The number of amides is 2. The number of hydrogen-bond donors (Lipinski definition) is 0. The summed E-state index contributed by atoms with van der Waals surface area (Å²) in [5.41, 5.74) is 0.236. The average molecular weight is 498 g/mol. The normalized spacial score (nSPS) is 22.5. The maximum atomic E-state index is 13.6. The zero-order valence-corrected chi connectivity index (χ0v) is 21.6. The minimum absolute atomic E-state index is 0.0446. The highest BCUT2D eigenvalue weighted by molar-refractivity contribution is 5.86. The number of pyridine rings is 1. The van der Waals surface area contributed by atoms with Crippen LogP contribution in [0.25, 0.3) is 0 Å². The van der Waals surface area contributed by atoms with Gasteiger partial charge in [0.2, 0.25) is 11.8 Å². The predicted molar refractivity (Wildman–Crippen MR) is 135 cm³/mol. The van der Waals surface area contributed by atoms with E-state index in [0.717, 1.165) is 32.7 Å². The lowest BCUT2D eigenvalue weighted by Gasteiger charge is -2.44. The van der Waals surface area contributed by atoms with Crippen molar-refractivity contribution < 1.29 is 14.3 Å². The Balaban J connectivity index is 1.33. The molecule has 0 spiro atoms. The summed E-state index contributed by atoms with van der Waals surface area (Å²) in [6.45, 7) is 8.34. The molecule has 196 valence electrons. The van der Waals surface area contributed by atoms with Gasteiger partial charge in [-0.15, -0.1) is 0 Å². The van der Waals surface area contributed by atoms with E-state index < -0.39 is 5.41 Å². The molecule has 1 aromatic heterocycles. The highest BCUT2D eigenvalue weighted by Crippen LogP contribution is 2.34. The van der Waals surface area contributed by atoms with Gasteiger partial charge in [-0.05, 0) is 30.5 Å². The third-order valence-corrected chi connectivity index (χ3v) is 7.79. The fourth-order valence-electron chi connectivity index (χ4n) is 5.43. The molecule has 4 heterocycles. The van der Waals surface area contributed by atoms with Crippen molar-refractivity contribution in [3.63, 3.8) is 0 Å². The number of nitrogens with zero attached hydrogens (tertiary/aromatic N) is 7. The van der Waals surface area contributed by atoms with Gasteiger partial charge in [-0.3, -0.25) is 29.3 Å². The molecule has 0 bridgehead atoms. The number of rotatable bonds is 7. The summed E-state index contributed by atoms with van der Waals surface area (Å²) in [6, 6.07) is 6.17. The molecule has 0 radical (unpaired) electrons. The van der Waals surface area contributed by atoms with E-state index in [-0.39, 0.29) is 17.9 Å². The van der Waals surface area contributed by atoms with Crippen LogP contribution in [0.1, 0.15) is 18.4 Å². The second kappa shape index (κ2) is 12.1. The van der Waals surface area contributed by atoms with E-state index in [1.165, 1.54) is 5.56 Å². The van der Waals surface area contributed by atoms with E-state index in [2.05, 4.69) is 25.8 Å². The number of piperidine rings is 1. The molecule has 1 aromatic rings. The standard InChI is InChI=1S/C26H39N7O3/c1-29(2)24(34)23(20-31-15-17-36-18-16-31)32-11-13-33(14-12-32)25(35)26(21-27)5-9-30(10-6-26)19-22-3-7-28-8-4-22/h3-4,7-8,23H,5-6,9-20H2,1-2H3. The second-order valence-electron chi connectivity index (χ2n) is 10.3. The fourth-order valence-corrected chi connectivity index (χ4v) is 5.43. The third kappa shape index (κ3) is 6.21. The molecule has 3 saturated heterocycles. The monoisotopic (exact) mass is 497 g/mol. The number of ether oxygens (including phenoxy) is 1. The first kappa shape index (κ1) is 26.5. The molecule has 4 rings (SSSR count). The molecule has 3 aliphatic heterocycles. The summed E-state index contributed by atoms with van der Waals surface area (Å²) in [5.74, 6) is 0.0493. The van der Waals surface area contributed by atoms with Crippen molar-refractivity contribution in [1.29, 1.82) is 5.26 Å². The van der Waals surface area contributed by atoms with Crippen molar-refractivity contribution in [1.82, 2.24) is 29.5 Å². The SMILES string of the molecule is CN(C)C(=O)C(CN1CCOCC1)N1CCN(C(=O)C2(C#N)CCN(Cc3ccncc3)CC2)CC1. The number of likely N-dealkylation sites (tertiary alicyclic amines) is 1. The van der Waals surface area contributed by atoms with E-state index in [9.17, 15) is 14.9 Å². The summed E-state index contributed by atoms with van der Waals surface area (Å²) < 4.78 is 5.46. The Bertz CT molecular complexity index is 913. The number of nitriles is 1. The summed E-state index contributed by atoms with van der Waals surface area (Å²) in [4.78, 5) is 41.0. The Morgan fingerprint density at radius 2 is 1.67 bits per heavy atom. The van der Waals surface area contributed by atoms with Crippen LogP contribution in [0.2, 0.25) is 0 Å². The number of aromatic nitrogens is 1. The maximum absolute atomic E-state index is 13.6. The highest BCUT2D eigenvalue weighted by atomic mass is 16.5. The second-order valence-corrected chi connectivity index (χ2v) is 10.3. The van der Waals surface area contributed by atoms with Crippen LogP contribution in [0.3, 0.4) is 0 Å². The largest absolute Gasteiger partial charge is 0.379 e. The highest BCUT2D eigenvalue weighted by Gasteiger charge is 2.45. The first-order valence-corrected chi connectivity index (χ1v) is 13.0. The topological polar surface area (TPSA) is 96.2 Å². The molecule has 3 aliphatic rings. The number of carbonyl (C=O) groups excluding carboxylic acids is 2. The molecule has 0 aliphatic carbocycles. The minimum atomic E-state index is -0.955. The number of hydrogen-bond acceptors (Lipinski definition) is 8. The van der Waals surface area contributed by atoms with Gasteiger partial charge >= 0.3 is 0 Å². The van der Waals surface area contributed by atoms with Gasteiger partial charge in [0.25, 0.3) is 0 Å². The molecule has 2 amide bonds. The third-order valence-electron chi connectivity index (χ3n) is 7.79. The molecule has 0 aromatic carbocycles. The zero-order valence-electron chi connectivity index (χ0n) is 21.6. The van der Waals surface area contributed by atoms with Crippen molar-refractivity contribution in [2.75, 3.05) is 86.2 Å². The lowest BCUT2D eigenvalue weighted by molar-refractivity contribution is -0.145. The van der Waals surface area contributed by atoms with Crippen LogP contribution in [0.4, 0.5) is 0 Å². The number of carbonyl (C=O) groups is 2. The fraction of sp³-hybridized carbons (Fsp3) is 0.692. The first-order chi connectivity index (χ1) is 17.4. The smallest absolute Gasteiger partial charge is 0.243 e. The van der Waals surface area contributed by atoms with Gasteiger partial charge in [-0.25, -0.2) is 0 Å². The van der Waals surface area contributed by atoms with Gasteiger partial charge in [0, 0.05) is 91.9 Å². The van der Waals surface area contributed by atoms with Gasteiger partial charge in [-0.2, -0.15) is 5.26 Å². The van der Waals surface area contributed by atoms with E-state index >= 15 is 0 Å². The summed E-state index contributed by atoms with van der Waals surface area (Å²) in [5, 5.41) is 10.1. The molecule has 10 heteroatoms. The molecule has 3 fully saturated rings. The van der Waals surface area contributed by atoms with Crippen molar-refractivity contribution in [2.45, 2.75) is 25.4 Å². The van der Waals surface area contributed by atoms with E-state index in [0.29, 0.717) is 58.8 Å². The molecule has 1 atom stereocenters. The van der Waals surface area contributed by atoms with Crippen molar-refractivity contribution >= 4 is 11.8 Å². The Labute approximate surface area is 214 Å². The first-order valence-electron chi connectivity index (χ1n) is 13.0. The lowest BCUT2D eigenvalue weighted by Crippen LogP contribution is -2.61. The van der Waals surface area contributed by atoms with Crippen LogP contribution in [-0.2, 0) is 20.9 Å². The summed E-state index contributed by atoms with van der Waals surface area (Å²) >= 11 is 0. The zero-order chi connectivity index (χ0) is 25.5. The Morgan fingerprint density at radius 3 is 2.25 bits per heavy atom. The van der Waals surface area contributed by atoms with Crippen molar-refractivity contribution in [3.05, 3.63) is 30.1 Å². The molecular formula is C26H39N7O3. The molecule has 10 nitrogen and oxygen atoms in total. The van der Waals surface area contributed by atoms with Crippen LogP contribution in [-0.4, -0.2) is 134 Å². The Morgan fingerprint density at radius 1 is 1.03 bits per heavy atom. The molecule has 0 saturated carbocycles. The van der Waals surface area contributed by atoms with Crippen molar-refractivity contribution in [2.24, 2.45) is 5.41 Å². The van der Waals surface area contributed by atoms with Crippen LogP contribution >= 0.6 is 0 Å². The number of likely N-dealkylation sites (N-methyl/N-ethyl adjacent to an activating group) is 1. The maximum Gasteiger partial charge on any atom is 0.243 e. The number of morpholine rings is 1. The van der Waals surface area contributed by atoms with E-state index in [4.69, 9.17) is 4.74 Å². The van der Waals surface area contributed by atoms with Crippen LogP contribution in [0.5, 0.6) is 0 Å². The van der Waals surface area contributed by atoms with Gasteiger partial charge in [-0.1, -0.05) is 0 Å². The van der Waals surface area contributed by atoms with Crippen molar-refractivity contribution in [3.8, 4) is 6.07 Å². The number of piperazine rings is 1. The molecule has 36 heavy (non-hydrogen) atoms. The summed E-state index contributed by atoms with van der Waals surface area (Å²) in [7, 11) is 3.60. The minimum Gasteiger partial charge on any atom is -0.379 e. The van der Waals surface area contributed by atoms with Gasteiger partial charge in [0.05, 0.1) is 19.3 Å². The van der Waals surface area contributed by atoms with Gasteiger partial charge in [0.15, 0.2) is 0 Å². The Hall–Kier alpha value is -2.58. The van der Waals surface area contributed by atoms with Gasteiger partial charge < -0.3 is 14.5 Å². The van der Waals surface area contributed by atoms with E-state index in [1.54, 1.807) is 31.4 Å². The molecule has 0 N–H and O–H groups in total. The molecule has 1 unspecified atom stereocenters. The van der Waals surface area contributed by atoms with Crippen LogP contribution in [0.15, 0.2) is 24.5 Å². The lowest BCUT2D eigenvalue weighted by atomic mass is 9.78. The predicted octanol–water partition coefficient (Wildman–Crippen LogP) is 0.121. The quantitative estimate of drug-likeness (QED) is 0.524. The Kier molecular flexibility index (Phi) is 8.90. The van der Waals surface area contributed by atoms with Gasteiger partial charge in [0.1, 0.15) is 11.5 Å².